The molecule has 0 radical (unpaired) electrons. The summed E-state index contributed by atoms with van der Waals surface area (Å²) in [6.07, 6.45) is 1.68. The maximum Gasteiger partial charge on any atom is 0.276 e. The first-order valence-electron chi connectivity index (χ1n) is 12.5. The van der Waals surface area contributed by atoms with E-state index in [0.717, 1.165) is 55.6 Å². The van der Waals surface area contributed by atoms with Crippen LogP contribution in [0.25, 0.3) is 31.1 Å². The summed E-state index contributed by atoms with van der Waals surface area (Å²) in [7, 11) is 2.04. The van der Waals surface area contributed by atoms with E-state index in [4.69, 9.17) is 16.8 Å². The number of nitrogens with zero attached hydrogens (tertiary/aromatic N) is 2. The highest BCUT2D eigenvalue weighted by molar-refractivity contribution is 7.24. The number of hydrogen-bond acceptors (Lipinski definition) is 8. The second-order valence-corrected chi connectivity index (χ2v) is 10.8. The number of pyridine rings is 1. The molecule has 5 aromatic rings. The monoisotopic (exact) mass is 561 g/mol. The zero-order valence-electron chi connectivity index (χ0n) is 21.5. The Morgan fingerprint density at radius 3 is 2.54 bits per heavy atom. The molecule has 3 aromatic carbocycles. The average molecular weight is 562 g/mol. The van der Waals surface area contributed by atoms with Gasteiger partial charge in [-0.1, -0.05) is 29.8 Å². The largest absolute Gasteiger partial charge is 0.383 e. The van der Waals surface area contributed by atoms with Crippen LogP contribution in [0, 0.1) is 6.92 Å². The molecule has 0 saturated carbocycles. The summed E-state index contributed by atoms with van der Waals surface area (Å²) in [4.78, 5) is 31.8. The molecule has 0 fully saturated rings. The fourth-order valence-electron chi connectivity index (χ4n) is 4.61. The number of halogens is 1. The number of benzene rings is 3. The average Bonchev–Trinajstić information content (AvgIpc) is 2.94. The predicted molar refractivity (Wildman–Crippen MR) is 161 cm³/mol. The lowest BCUT2D eigenvalue weighted by Crippen LogP contribution is -2.30. The number of aryl methyl sites for hydroxylation is 1. The Labute approximate surface area is 234 Å². The molecule has 0 spiro atoms. The predicted octanol–water partition coefficient (Wildman–Crippen LogP) is 5.50. The van der Waals surface area contributed by atoms with Gasteiger partial charge >= 0.3 is 0 Å². The van der Waals surface area contributed by atoms with E-state index in [1.54, 1.807) is 35.1 Å². The van der Waals surface area contributed by atoms with Crippen molar-refractivity contribution in [3.63, 3.8) is 0 Å². The van der Waals surface area contributed by atoms with Crippen LogP contribution < -0.4 is 21.5 Å². The minimum Gasteiger partial charge on any atom is -0.383 e. The number of fused-ring (bicyclic) bond motifs is 3. The molecule has 0 atom stereocenters. The van der Waals surface area contributed by atoms with Crippen molar-refractivity contribution < 1.29 is 10.0 Å². The molecule has 200 valence electrons. The Balaban J connectivity index is 1.23. The fraction of sp³-hybridized carbons (Fsp3) is 0.207. The van der Waals surface area contributed by atoms with Crippen molar-refractivity contribution in [2.45, 2.75) is 6.92 Å². The standard InChI is InChI=1S/C29H28ClN5O3S/c1-17-7-8-23(26-27(36)18-5-3-4-6-25(18)39-28(17)26)33-12-14-35(2)13-11-32-22-9-10-31-24-16-21(30)19(15-20(22)24)29(37)34-38/h3-10,15-16,33,38H,11-14H2,1-2H3,(H,31,32)(H,34,37). The lowest BCUT2D eigenvalue weighted by atomic mass is 10.1. The number of likely N-dealkylation sites (N-methyl/N-ethyl adjacent to an activating group) is 1. The lowest BCUT2D eigenvalue weighted by molar-refractivity contribution is 0.0706. The topological polar surface area (TPSA) is 107 Å². The summed E-state index contributed by atoms with van der Waals surface area (Å²) in [6.45, 7) is 4.92. The number of amides is 1. The Kier molecular flexibility index (Phi) is 7.94. The molecule has 0 bridgehead atoms. The van der Waals surface area contributed by atoms with Crippen molar-refractivity contribution in [2.24, 2.45) is 0 Å². The Hall–Kier alpha value is -3.76. The van der Waals surface area contributed by atoms with Gasteiger partial charge in [-0.15, -0.1) is 11.3 Å². The van der Waals surface area contributed by atoms with Crippen LogP contribution in [0.4, 0.5) is 11.4 Å². The normalized spacial score (nSPS) is 11.4. The van der Waals surface area contributed by atoms with E-state index >= 15 is 0 Å². The third-order valence-electron chi connectivity index (χ3n) is 6.72. The highest BCUT2D eigenvalue weighted by Crippen LogP contribution is 2.31. The molecule has 1 amide bonds. The molecule has 39 heavy (non-hydrogen) atoms. The number of hydroxylamine groups is 1. The highest BCUT2D eigenvalue weighted by atomic mass is 35.5. The Morgan fingerprint density at radius 1 is 1.03 bits per heavy atom. The number of anilines is 2. The molecule has 0 unspecified atom stereocenters. The first-order chi connectivity index (χ1) is 18.9. The van der Waals surface area contributed by atoms with E-state index in [0.29, 0.717) is 18.6 Å². The van der Waals surface area contributed by atoms with Crippen LogP contribution in [-0.4, -0.2) is 54.2 Å². The van der Waals surface area contributed by atoms with Gasteiger partial charge in [0.2, 0.25) is 0 Å². The molecule has 0 aliphatic heterocycles. The minimum absolute atomic E-state index is 0.0635. The molecule has 2 aromatic heterocycles. The number of carbonyl (C=O) groups excluding carboxylic acids is 1. The number of hydrogen-bond donors (Lipinski definition) is 4. The molecule has 4 N–H and O–H groups in total. The van der Waals surface area contributed by atoms with Crippen LogP contribution in [0.5, 0.6) is 0 Å². The van der Waals surface area contributed by atoms with Crippen LogP contribution in [0.1, 0.15) is 15.9 Å². The van der Waals surface area contributed by atoms with Gasteiger partial charge in [-0.05, 0) is 55.9 Å². The van der Waals surface area contributed by atoms with Gasteiger partial charge < -0.3 is 15.5 Å². The Morgan fingerprint density at radius 2 is 1.77 bits per heavy atom. The van der Waals surface area contributed by atoms with Crippen LogP contribution in [0.3, 0.4) is 0 Å². The van der Waals surface area contributed by atoms with E-state index < -0.39 is 5.91 Å². The molecular weight excluding hydrogens is 534 g/mol. The van der Waals surface area contributed by atoms with Crippen molar-refractivity contribution in [3.05, 3.63) is 87.2 Å². The zero-order chi connectivity index (χ0) is 27.5. The van der Waals surface area contributed by atoms with Crippen LogP contribution in [0.2, 0.25) is 5.02 Å². The summed E-state index contributed by atoms with van der Waals surface area (Å²) in [5, 5.41) is 18.3. The number of nitrogens with one attached hydrogen (secondary N) is 3. The van der Waals surface area contributed by atoms with E-state index in [1.165, 1.54) is 0 Å². The van der Waals surface area contributed by atoms with Gasteiger partial charge in [-0.3, -0.25) is 19.8 Å². The van der Waals surface area contributed by atoms with E-state index in [9.17, 15) is 9.59 Å². The molecule has 8 nitrogen and oxygen atoms in total. The van der Waals surface area contributed by atoms with Gasteiger partial charge in [0, 0.05) is 63.9 Å². The summed E-state index contributed by atoms with van der Waals surface area (Å²) in [5.74, 6) is -0.678. The van der Waals surface area contributed by atoms with Crippen molar-refractivity contribution in [1.82, 2.24) is 15.4 Å². The van der Waals surface area contributed by atoms with Gasteiger partial charge in [0.15, 0.2) is 5.43 Å². The summed E-state index contributed by atoms with van der Waals surface area (Å²) in [5.41, 5.74) is 5.28. The van der Waals surface area contributed by atoms with Crippen LogP contribution in [0.15, 0.2) is 65.6 Å². The van der Waals surface area contributed by atoms with Gasteiger partial charge in [-0.25, -0.2) is 5.48 Å². The van der Waals surface area contributed by atoms with Gasteiger partial charge in [-0.2, -0.15) is 0 Å². The smallest absolute Gasteiger partial charge is 0.276 e. The highest BCUT2D eigenvalue weighted by Gasteiger charge is 2.14. The van der Waals surface area contributed by atoms with E-state index in [-0.39, 0.29) is 16.0 Å². The molecule has 2 heterocycles. The summed E-state index contributed by atoms with van der Waals surface area (Å²) in [6, 6.07) is 16.9. The van der Waals surface area contributed by atoms with Crippen LogP contribution in [-0.2, 0) is 0 Å². The maximum absolute atomic E-state index is 13.3. The molecule has 10 heteroatoms. The lowest BCUT2D eigenvalue weighted by Gasteiger charge is -2.19. The molecule has 0 aliphatic carbocycles. The second-order valence-electron chi connectivity index (χ2n) is 9.37. The van der Waals surface area contributed by atoms with Crippen molar-refractivity contribution in [1.29, 1.82) is 0 Å². The fourth-order valence-corrected chi connectivity index (χ4v) is 6.02. The van der Waals surface area contributed by atoms with E-state index in [1.807, 2.05) is 50.4 Å². The quantitative estimate of drug-likeness (QED) is 0.107. The second kappa shape index (κ2) is 11.5. The van der Waals surface area contributed by atoms with Crippen molar-refractivity contribution in [3.8, 4) is 0 Å². The first kappa shape index (κ1) is 26.8. The third-order valence-corrected chi connectivity index (χ3v) is 8.34. The van der Waals surface area contributed by atoms with Gasteiger partial charge in [0.05, 0.1) is 21.5 Å². The molecule has 0 saturated heterocycles. The molecule has 0 aliphatic rings. The minimum atomic E-state index is -0.678. The van der Waals surface area contributed by atoms with Crippen molar-refractivity contribution in [2.75, 3.05) is 43.9 Å². The number of carbonyl (C=O) groups is 1. The SMILES string of the molecule is Cc1ccc(NCCN(C)CCNc2ccnc3cc(Cl)c(C(=O)NO)cc23)c2c(=O)c3ccccc3sc12. The zero-order valence-corrected chi connectivity index (χ0v) is 23.1. The van der Waals surface area contributed by atoms with Crippen LogP contribution >= 0.6 is 22.9 Å². The Bertz CT molecular complexity index is 1760. The maximum atomic E-state index is 13.3. The summed E-state index contributed by atoms with van der Waals surface area (Å²) >= 11 is 7.84. The first-order valence-corrected chi connectivity index (χ1v) is 13.7. The number of rotatable bonds is 9. The van der Waals surface area contributed by atoms with Gasteiger partial charge in [0.1, 0.15) is 0 Å². The summed E-state index contributed by atoms with van der Waals surface area (Å²) < 4.78 is 2.02. The molecular formula is C29H28ClN5O3S. The van der Waals surface area contributed by atoms with Crippen molar-refractivity contribution >= 4 is 71.3 Å². The van der Waals surface area contributed by atoms with E-state index in [2.05, 4.69) is 26.6 Å². The number of aromatic nitrogens is 1. The third kappa shape index (κ3) is 5.53. The molecule has 5 rings (SSSR count). The van der Waals surface area contributed by atoms with Gasteiger partial charge in [0.25, 0.3) is 5.91 Å².